The number of anilines is 2. The Bertz CT molecular complexity index is 2260. The van der Waals surface area contributed by atoms with Crippen LogP contribution in [0.5, 0.6) is 23.0 Å². The fourth-order valence-electron chi connectivity index (χ4n) is 8.99. The Labute approximate surface area is 314 Å². The Kier molecular flexibility index (Phi) is 7.03. The van der Waals surface area contributed by atoms with Gasteiger partial charge in [0.2, 0.25) is 0 Å². The molecule has 0 aromatic heterocycles. The Morgan fingerprint density at radius 2 is 0.868 bits per heavy atom. The number of hydrogen-bond acceptors (Lipinski definition) is 6. The van der Waals surface area contributed by atoms with Crippen LogP contribution in [-0.4, -0.2) is 40.5 Å². The molecule has 0 atom stereocenters. The molecule has 0 aliphatic carbocycles. The van der Waals surface area contributed by atoms with E-state index in [0.717, 1.165) is 84.7 Å². The number of ether oxygens (including phenoxy) is 2. The fourth-order valence-corrected chi connectivity index (χ4v) is 8.99. The molecule has 4 heterocycles. The molecule has 0 fully saturated rings. The largest absolute Gasteiger partial charge is 0.458 e. The lowest BCUT2D eigenvalue weighted by atomic mass is 9.35. The van der Waals surface area contributed by atoms with Gasteiger partial charge in [-0.05, 0) is 151 Å². The maximum atomic E-state index is 6.68. The lowest BCUT2D eigenvalue weighted by Crippen LogP contribution is -2.57. The van der Waals surface area contributed by atoms with Gasteiger partial charge < -0.3 is 19.3 Å². The standard InChI is InChI=1S/C46H47BN4O2/c1-28-48-43(3,4)45(7,8)50(28)34-16-11-14-30(24-34)32-20-22-36-40(26-32)52-38-18-13-19-39-42(38)47(36)37-23-21-33(27-41(37)53-39)31-15-12-17-35(25-31)51-29(2)49-44(5,6)46(51,9)10/h11-27H,1-10H3. The van der Waals surface area contributed by atoms with Crippen molar-refractivity contribution in [2.75, 3.05) is 9.80 Å². The molecule has 7 heteroatoms. The van der Waals surface area contributed by atoms with E-state index in [0.29, 0.717) is 0 Å². The van der Waals surface area contributed by atoms with Gasteiger partial charge in [-0.2, -0.15) is 0 Å². The summed E-state index contributed by atoms with van der Waals surface area (Å²) in [7, 11) is 0. The average molecular weight is 699 g/mol. The van der Waals surface area contributed by atoms with E-state index in [1.165, 1.54) is 0 Å². The Morgan fingerprint density at radius 1 is 0.472 bits per heavy atom. The van der Waals surface area contributed by atoms with E-state index in [4.69, 9.17) is 19.5 Å². The van der Waals surface area contributed by atoms with Gasteiger partial charge in [0.1, 0.15) is 34.7 Å². The molecule has 9 rings (SSSR count). The van der Waals surface area contributed by atoms with E-state index in [2.05, 4.69) is 176 Å². The van der Waals surface area contributed by atoms with Crippen molar-refractivity contribution in [3.05, 3.63) is 103 Å². The first-order chi connectivity index (χ1) is 25.1. The summed E-state index contributed by atoms with van der Waals surface area (Å²) in [6, 6.07) is 37.1. The lowest BCUT2D eigenvalue weighted by molar-refractivity contribution is 0.338. The van der Waals surface area contributed by atoms with Gasteiger partial charge in [-0.3, -0.25) is 9.98 Å². The molecule has 53 heavy (non-hydrogen) atoms. The molecule has 0 saturated heterocycles. The van der Waals surface area contributed by atoms with Crippen molar-refractivity contribution in [1.82, 2.24) is 0 Å². The predicted molar refractivity (Wildman–Crippen MR) is 222 cm³/mol. The topological polar surface area (TPSA) is 49.7 Å². The summed E-state index contributed by atoms with van der Waals surface area (Å²) in [5.74, 6) is 5.51. The van der Waals surface area contributed by atoms with Crippen LogP contribution in [0.4, 0.5) is 11.4 Å². The zero-order valence-electron chi connectivity index (χ0n) is 32.5. The first-order valence-corrected chi connectivity index (χ1v) is 18.8. The molecule has 5 aromatic carbocycles. The molecule has 0 saturated carbocycles. The van der Waals surface area contributed by atoms with Crippen LogP contribution in [0, 0.1) is 0 Å². The highest BCUT2D eigenvalue weighted by Crippen LogP contribution is 2.44. The molecule has 266 valence electrons. The van der Waals surface area contributed by atoms with Gasteiger partial charge in [-0.15, -0.1) is 0 Å². The monoisotopic (exact) mass is 698 g/mol. The van der Waals surface area contributed by atoms with E-state index >= 15 is 0 Å². The number of nitrogens with zero attached hydrogens (tertiary/aromatic N) is 4. The van der Waals surface area contributed by atoms with E-state index in [-0.39, 0.29) is 28.9 Å². The summed E-state index contributed by atoms with van der Waals surface area (Å²) in [6.45, 7) is 22.2. The third-order valence-electron chi connectivity index (χ3n) is 12.9. The van der Waals surface area contributed by atoms with Gasteiger partial charge in [0.15, 0.2) is 0 Å². The van der Waals surface area contributed by atoms with Crippen molar-refractivity contribution in [3.8, 4) is 45.3 Å². The van der Waals surface area contributed by atoms with E-state index < -0.39 is 0 Å². The zero-order chi connectivity index (χ0) is 37.2. The van der Waals surface area contributed by atoms with Gasteiger partial charge in [0, 0.05) is 16.8 Å². The van der Waals surface area contributed by atoms with Crippen LogP contribution in [-0.2, 0) is 0 Å². The molecule has 0 bridgehead atoms. The Hall–Kier alpha value is -5.30. The number of amidine groups is 2. The van der Waals surface area contributed by atoms with Crippen LogP contribution in [0.15, 0.2) is 113 Å². The maximum absolute atomic E-state index is 6.68. The second-order valence-corrected chi connectivity index (χ2v) is 17.1. The highest BCUT2D eigenvalue weighted by Gasteiger charge is 2.49. The third kappa shape index (κ3) is 4.85. The van der Waals surface area contributed by atoms with Crippen LogP contribution >= 0.6 is 0 Å². The number of benzene rings is 5. The van der Waals surface area contributed by atoms with E-state index in [9.17, 15) is 0 Å². The Morgan fingerprint density at radius 3 is 1.26 bits per heavy atom. The van der Waals surface area contributed by atoms with Gasteiger partial charge in [0.25, 0.3) is 6.71 Å². The highest BCUT2D eigenvalue weighted by atomic mass is 16.5. The lowest BCUT2D eigenvalue weighted by Gasteiger charge is -2.41. The highest BCUT2D eigenvalue weighted by molar-refractivity contribution is 6.98. The molecule has 0 amide bonds. The first-order valence-electron chi connectivity index (χ1n) is 18.8. The summed E-state index contributed by atoms with van der Waals surface area (Å²) in [6.07, 6.45) is 0. The number of aliphatic imine (C=N–C) groups is 2. The van der Waals surface area contributed by atoms with Crippen LogP contribution in [0.2, 0.25) is 0 Å². The molecule has 0 N–H and O–H groups in total. The molecule has 5 aromatic rings. The van der Waals surface area contributed by atoms with Crippen molar-refractivity contribution < 1.29 is 9.47 Å². The van der Waals surface area contributed by atoms with Gasteiger partial charge in [-0.25, -0.2) is 0 Å². The van der Waals surface area contributed by atoms with Gasteiger partial charge in [-0.1, -0.05) is 54.6 Å². The molecule has 0 spiro atoms. The summed E-state index contributed by atoms with van der Waals surface area (Å²) in [5.41, 5.74) is 9.45. The van der Waals surface area contributed by atoms with Crippen molar-refractivity contribution >= 4 is 46.1 Å². The SMILES string of the molecule is CC1=NC(C)(C)C(C)(C)N1c1cccc(-c2ccc3c(c2)Oc2cccc4c2B3c2ccc(-c3cccc(N5C(C)=NC(C)(C)C5(C)C)c3)cc2O4)c1. The first kappa shape index (κ1) is 33.5. The fraction of sp³-hybridized carbons (Fsp3) is 0.304. The molecule has 6 nitrogen and oxygen atoms in total. The number of rotatable bonds is 4. The normalized spacial score (nSPS) is 19.4. The summed E-state index contributed by atoms with van der Waals surface area (Å²) in [4.78, 5) is 14.8. The minimum absolute atomic E-state index is 0.00699. The third-order valence-corrected chi connectivity index (χ3v) is 12.9. The number of fused-ring (bicyclic) bond motifs is 4. The molecular formula is C46H47BN4O2. The van der Waals surface area contributed by atoms with Gasteiger partial charge >= 0.3 is 0 Å². The minimum atomic E-state index is -0.194. The molecule has 0 unspecified atom stereocenters. The average Bonchev–Trinajstić information content (AvgIpc) is 3.38. The molecule has 4 aliphatic heterocycles. The van der Waals surface area contributed by atoms with E-state index in [1.54, 1.807) is 0 Å². The summed E-state index contributed by atoms with van der Waals surface area (Å²) < 4.78 is 13.4. The zero-order valence-corrected chi connectivity index (χ0v) is 32.5. The second kappa shape index (κ2) is 11.1. The summed E-state index contributed by atoms with van der Waals surface area (Å²) in [5, 5.41) is 0. The Balaban J connectivity index is 1.08. The van der Waals surface area contributed by atoms with Crippen LogP contribution in [0.25, 0.3) is 22.3 Å². The smallest absolute Gasteiger partial charge is 0.260 e. The van der Waals surface area contributed by atoms with Crippen molar-refractivity contribution in [3.63, 3.8) is 0 Å². The molecule has 4 aliphatic rings. The minimum Gasteiger partial charge on any atom is -0.458 e. The van der Waals surface area contributed by atoms with Crippen molar-refractivity contribution in [1.29, 1.82) is 0 Å². The van der Waals surface area contributed by atoms with Gasteiger partial charge in [0.05, 0.1) is 22.2 Å². The van der Waals surface area contributed by atoms with Crippen LogP contribution in [0.1, 0.15) is 69.2 Å². The van der Waals surface area contributed by atoms with Crippen LogP contribution in [0.3, 0.4) is 0 Å². The maximum Gasteiger partial charge on any atom is 0.260 e. The second-order valence-electron chi connectivity index (χ2n) is 17.1. The van der Waals surface area contributed by atoms with E-state index in [1.807, 2.05) is 6.07 Å². The quantitative estimate of drug-likeness (QED) is 0.172. The predicted octanol–water partition coefficient (Wildman–Crippen LogP) is 9.34. The van der Waals surface area contributed by atoms with Crippen LogP contribution < -0.4 is 35.7 Å². The molecule has 0 radical (unpaired) electrons. The molecular weight excluding hydrogens is 651 g/mol. The van der Waals surface area contributed by atoms with Crippen molar-refractivity contribution in [2.45, 2.75) is 91.4 Å². The van der Waals surface area contributed by atoms with Crippen molar-refractivity contribution in [2.24, 2.45) is 9.98 Å². The summed E-state index contributed by atoms with van der Waals surface area (Å²) >= 11 is 0. The number of hydrogen-bond donors (Lipinski definition) is 0.